The first-order valence-electron chi connectivity index (χ1n) is 9.46. The lowest BCUT2D eigenvalue weighted by Gasteiger charge is -2.29. The predicted molar refractivity (Wildman–Crippen MR) is 105 cm³/mol. The van der Waals surface area contributed by atoms with Crippen LogP contribution in [0.15, 0.2) is 18.2 Å². The number of benzene rings is 1. The minimum absolute atomic E-state index is 0.00900. The van der Waals surface area contributed by atoms with Gasteiger partial charge in [-0.05, 0) is 64.5 Å². The average molecular weight is 415 g/mol. The van der Waals surface area contributed by atoms with E-state index in [-0.39, 0.29) is 29.3 Å². The van der Waals surface area contributed by atoms with Crippen molar-refractivity contribution in [2.24, 2.45) is 5.92 Å². The van der Waals surface area contributed by atoms with Gasteiger partial charge in [0.05, 0.1) is 5.02 Å². The van der Waals surface area contributed by atoms with E-state index in [9.17, 15) is 14.0 Å². The Kier molecular flexibility index (Phi) is 7.92. The van der Waals surface area contributed by atoms with Crippen molar-refractivity contribution >= 4 is 23.6 Å². The highest BCUT2D eigenvalue weighted by molar-refractivity contribution is 6.30. The maximum absolute atomic E-state index is 13.4. The number of hydrogen-bond acceptors (Lipinski definition) is 4. The number of carbonyl (C=O) groups is 2. The molecule has 28 heavy (non-hydrogen) atoms. The number of nitrogens with one attached hydrogen (secondary N) is 2. The van der Waals surface area contributed by atoms with E-state index >= 15 is 0 Å². The summed E-state index contributed by atoms with van der Waals surface area (Å²) < 4.78 is 23.9. The summed E-state index contributed by atoms with van der Waals surface area (Å²) in [6.07, 6.45) is 3.08. The third-order valence-corrected chi connectivity index (χ3v) is 4.71. The summed E-state index contributed by atoms with van der Waals surface area (Å²) in [6.45, 7) is 5.87. The summed E-state index contributed by atoms with van der Waals surface area (Å²) in [5.74, 6) is -0.202. The molecule has 6 nitrogen and oxygen atoms in total. The third-order valence-electron chi connectivity index (χ3n) is 4.41. The first-order valence-corrected chi connectivity index (χ1v) is 9.84. The molecule has 1 aromatic carbocycles. The summed E-state index contributed by atoms with van der Waals surface area (Å²) in [4.78, 5) is 23.7. The van der Waals surface area contributed by atoms with Crippen molar-refractivity contribution in [2.45, 2.75) is 58.1 Å². The molecule has 1 fully saturated rings. The number of amides is 2. The Morgan fingerprint density at radius 2 is 1.89 bits per heavy atom. The maximum atomic E-state index is 13.4. The number of ether oxygens (including phenoxy) is 2. The molecule has 0 radical (unpaired) electrons. The lowest BCUT2D eigenvalue weighted by molar-refractivity contribution is -0.124. The van der Waals surface area contributed by atoms with Crippen molar-refractivity contribution in [1.82, 2.24) is 10.6 Å². The second kappa shape index (κ2) is 9.96. The van der Waals surface area contributed by atoms with Gasteiger partial charge >= 0.3 is 6.09 Å². The molecule has 8 heteroatoms. The van der Waals surface area contributed by atoms with Crippen LogP contribution < -0.4 is 15.4 Å². The Balaban J connectivity index is 1.64. The molecule has 0 atom stereocenters. The van der Waals surface area contributed by atoms with Gasteiger partial charge in [-0.1, -0.05) is 11.6 Å². The second-order valence-corrected chi connectivity index (χ2v) is 8.44. The van der Waals surface area contributed by atoms with Gasteiger partial charge in [-0.3, -0.25) is 4.79 Å². The van der Waals surface area contributed by atoms with Crippen LogP contribution in [0.3, 0.4) is 0 Å². The van der Waals surface area contributed by atoms with Crippen LogP contribution in [0.5, 0.6) is 5.75 Å². The number of hydrogen-bond donors (Lipinski definition) is 2. The van der Waals surface area contributed by atoms with Gasteiger partial charge < -0.3 is 20.1 Å². The van der Waals surface area contributed by atoms with Crippen molar-refractivity contribution in [1.29, 1.82) is 0 Å². The van der Waals surface area contributed by atoms with E-state index in [1.54, 1.807) is 0 Å². The molecule has 2 N–H and O–H groups in total. The lowest BCUT2D eigenvalue weighted by atomic mass is 9.86. The van der Waals surface area contributed by atoms with Crippen LogP contribution in [0.4, 0.5) is 9.18 Å². The van der Waals surface area contributed by atoms with Gasteiger partial charge in [0.25, 0.3) is 5.91 Å². The third kappa shape index (κ3) is 7.92. The zero-order valence-corrected chi connectivity index (χ0v) is 17.3. The first kappa shape index (κ1) is 22.3. The zero-order valence-electron chi connectivity index (χ0n) is 16.5. The molecule has 0 aromatic heterocycles. The van der Waals surface area contributed by atoms with Crippen molar-refractivity contribution in [3.8, 4) is 5.75 Å². The fourth-order valence-electron chi connectivity index (χ4n) is 3.04. The van der Waals surface area contributed by atoms with Gasteiger partial charge in [-0.15, -0.1) is 0 Å². The topological polar surface area (TPSA) is 76.7 Å². The summed E-state index contributed by atoms with van der Waals surface area (Å²) in [7, 11) is 0. The van der Waals surface area contributed by atoms with Gasteiger partial charge in [0.1, 0.15) is 17.2 Å². The Bertz CT molecular complexity index is 685. The molecule has 0 unspecified atom stereocenters. The molecule has 0 heterocycles. The van der Waals surface area contributed by atoms with Crippen molar-refractivity contribution in [3.63, 3.8) is 0 Å². The molecular formula is C20H28ClFN2O4. The van der Waals surface area contributed by atoms with Gasteiger partial charge in [-0.2, -0.15) is 0 Å². The smallest absolute Gasteiger partial charge is 0.407 e. The van der Waals surface area contributed by atoms with Crippen molar-refractivity contribution in [3.05, 3.63) is 29.0 Å². The fraction of sp³-hybridized carbons (Fsp3) is 0.600. The molecule has 0 saturated heterocycles. The van der Waals surface area contributed by atoms with Crippen molar-refractivity contribution in [2.75, 3.05) is 13.2 Å². The van der Waals surface area contributed by atoms with E-state index in [0.29, 0.717) is 12.5 Å². The average Bonchev–Trinajstić information content (AvgIpc) is 2.61. The monoisotopic (exact) mass is 414 g/mol. The maximum Gasteiger partial charge on any atom is 0.407 e. The van der Waals surface area contributed by atoms with Gasteiger partial charge in [0.15, 0.2) is 6.61 Å². The fourth-order valence-corrected chi connectivity index (χ4v) is 3.16. The molecule has 1 aliphatic carbocycles. The van der Waals surface area contributed by atoms with Gasteiger partial charge in [0.2, 0.25) is 0 Å². The van der Waals surface area contributed by atoms with Crippen LogP contribution in [0.1, 0.15) is 46.5 Å². The molecule has 1 saturated carbocycles. The number of halogens is 2. The Morgan fingerprint density at radius 1 is 1.21 bits per heavy atom. The van der Waals surface area contributed by atoms with Crippen LogP contribution in [-0.2, 0) is 9.53 Å². The van der Waals surface area contributed by atoms with Gasteiger partial charge in [-0.25, -0.2) is 9.18 Å². The largest absolute Gasteiger partial charge is 0.484 e. The molecule has 2 amide bonds. The normalized spacial score (nSPS) is 19.6. The van der Waals surface area contributed by atoms with E-state index in [0.717, 1.165) is 31.7 Å². The highest BCUT2D eigenvalue weighted by Crippen LogP contribution is 2.24. The predicted octanol–water partition coefficient (Wildman–Crippen LogP) is 4.06. The van der Waals surface area contributed by atoms with E-state index in [4.69, 9.17) is 21.1 Å². The molecular weight excluding hydrogens is 387 g/mol. The highest BCUT2D eigenvalue weighted by Gasteiger charge is 2.24. The Hall–Kier alpha value is -2.02. The first-order chi connectivity index (χ1) is 13.1. The molecule has 2 rings (SSSR count). The SMILES string of the molecule is CC(C)(C)OC(=O)NC[C@H]1CC[C@H](NC(=O)COc2ccc(Cl)c(F)c2)CC1. The minimum atomic E-state index is -0.585. The van der Waals surface area contributed by atoms with Crippen LogP contribution in [0.25, 0.3) is 0 Å². The summed E-state index contributed by atoms with van der Waals surface area (Å²) >= 11 is 5.61. The highest BCUT2D eigenvalue weighted by atomic mass is 35.5. The van der Waals surface area contributed by atoms with Crippen LogP contribution in [-0.4, -0.2) is 36.8 Å². The minimum Gasteiger partial charge on any atom is -0.484 e. The second-order valence-electron chi connectivity index (χ2n) is 8.03. The standard InChI is InChI=1S/C20H28ClFN2O4/c1-20(2,3)28-19(26)23-11-13-4-6-14(7-5-13)24-18(25)12-27-15-8-9-16(21)17(22)10-15/h8-10,13-14H,4-7,11-12H2,1-3H3,(H,23,26)(H,24,25)/t13-,14-. The summed E-state index contributed by atoms with van der Waals surface area (Å²) in [5, 5.41) is 5.75. The van der Waals surface area contributed by atoms with Crippen molar-refractivity contribution < 1.29 is 23.5 Å². The summed E-state index contributed by atoms with van der Waals surface area (Å²) in [6, 6.07) is 4.13. The molecule has 0 aliphatic heterocycles. The van der Waals surface area contributed by atoms with Gasteiger partial charge in [0, 0.05) is 18.7 Å². The lowest BCUT2D eigenvalue weighted by Crippen LogP contribution is -2.42. The Morgan fingerprint density at radius 3 is 2.50 bits per heavy atom. The number of alkyl carbamates (subject to hydrolysis) is 1. The number of rotatable bonds is 6. The van der Waals surface area contributed by atoms with E-state index < -0.39 is 17.5 Å². The zero-order chi connectivity index (χ0) is 20.7. The van der Waals surface area contributed by atoms with E-state index in [1.807, 2.05) is 20.8 Å². The molecule has 0 spiro atoms. The quantitative estimate of drug-likeness (QED) is 0.736. The Labute approximate surface area is 170 Å². The van der Waals surface area contributed by atoms with Crippen LogP contribution in [0.2, 0.25) is 5.02 Å². The van der Waals surface area contributed by atoms with Crippen LogP contribution >= 0.6 is 11.6 Å². The summed E-state index contributed by atoms with van der Waals surface area (Å²) in [5.41, 5.74) is -0.508. The van der Waals surface area contributed by atoms with Crippen LogP contribution in [0, 0.1) is 11.7 Å². The molecule has 1 aromatic rings. The molecule has 156 valence electrons. The molecule has 1 aliphatic rings. The van der Waals surface area contributed by atoms with E-state index in [2.05, 4.69) is 10.6 Å². The molecule has 0 bridgehead atoms. The van der Waals surface area contributed by atoms with E-state index in [1.165, 1.54) is 12.1 Å². The number of carbonyl (C=O) groups excluding carboxylic acids is 2.